The monoisotopic (exact) mass is 271 g/mol. The molecule has 0 spiro atoms. The molecule has 5 heteroatoms. The molecule has 0 saturated carbocycles. The van der Waals surface area contributed by atoms with Gasteiger partial charge in [-0.25, -0.2) is 8.78 Å². The fourth-order valence-corrected chi connectivity index (χ4v) is 1.74. The minimum Gasteiger partial charge on any atom is -0.312 e. The van der Waals surface area contributed by atoms with Gasteiger partial charge >= 0.3 is 0 Å². The molecule has 0 unspecified atom stereocenters. The predicted molar refractivity (Wildman–Crippen MR) is 73.1 cm³/mol. The van der Waals surface area contributed by atoms with E-state index >= 15 is 0 Å². The third-order valence-electron chi connectivity index (χ3n) is 2.65. The Labute approximate surface area is 114 Å². The Bertz CT molecular complexity index is 352. The highest BCUT2D eigenvalue weighted by Crippen LogP contribution is 2.05. The number of hydrogen-bond acceptors (Lipinski definition) is 3. The van der Waals surface area contributed by atoms with Crippen LogP contribution in [0.5, 0.6) is 0 Å². The number of halogens is 2. The van der Waals surface area contributed by atoms with Gasteiger partial charge in [0, 0.05) is 19.3 Å². The van der Waals surface area contributed by atoms with Crippen LogP contribution in [0.3, 0.4) is 0 Å². The molecule has 1 rings (SSSR count). The number of nitrogens with one attached hydrogen (secondary N) is 1. The van der Waals surface area contributed by atoms with Crippen LogP contribution in [0.2, 0.25) is 0 Å². The molecule has 0 saturated heterocycles. The van der Waals surface area contributed by atoms with Gasteiger partial charge in [-0.05, 0) is 31.1 Å². The van der Waals surface area contributed by atoms with Gasteiger partial charge in [0.1, 0.15) is 0 Å². The van der Waals surface area contributed by atoms with E-state index in [1.54, 1.807) is 18.1 Å². The molecule has 0 aliphatic heterocycles. The first-order valence-corrected chi connectivity index (χ1v) is 6.58. The van der Waals surface area contributed by atoms with E-state index in [1.807, 2.05) is 12.1 Å². The summed E-state index contributed by atoms with van der Waals surface area (Å²) in [5, 5.41) is 3.34. The van der Waals surface area contributed by atoms with Gasteiger partial charge in [-0.1, -0.05) is 19.9 Å². The molecule has 1 aromatic rings. The van der Waals surface area contributed by atoms with Crippen molar-refractivity contribution in [2.45, 2.75) is 33.4 Å². The van der Waals surface area contributed by atoms with Crippen LogP contribution < -0.4 is 5.32 Å². The van der Waals surface area contributed by atoms with Crippen molar-refractivity contribution < 1.29 is 8.78 Å². The van der Waals surface area contributed by atoms with Crippen LogP contribution >= 0.6 is 0 Å². The van der Waals surface area contributed by atoms with Gasteiger partial charge in [0.15, 0.2) is 0 Å². The molecule has 19 heavy (non-hydrogen) atoms. The first kappa shape index (κ1) is 16.0. The van der Waals surface area contributed by atoms with Crippen LogP contribution in [-0.2, 0) is 13.1 Å². The lowest BCUT2D eigenvalue weighted by Gasteiger charge is -2.15. The molecular weight excluding hydrogens is 248 g/mol. The van der Waals surface area contributed by atoms with E-state index < -0.39 is 6.43 Å². The quantitative estimate of drug-likeness (QED) is 0.787. The summed E-state index contributed by atoms with van der Waals surface area (Å²) in [6.07, 6.45) is -0.497. The van der Waals surface area contributed by atoms with Crippen molar-refractivity contribution in [3.05, 3.63) is 29.6 Å². The fourth-order valence-electron chi connectivity index (χ4n) is 1.74. The Hall–Kier alpha value is -1.07. The topological polar surface area (TPSA) is 28.2 Å². The molecular formula is C14H23F2N3. The van der Waals surface area contributed by atoms with E-state index in [1.165, 1.54) is 0 Å². The van der Waals surface area contributed by atoms with Crippen molar-refractivity contribution in [1.29, 1.82) is 0 Å². The first-order chi connectivity index (χ1) is 8.97. The summed E-state index contributed by atoms with van der Waals surface area (Å²) in [7, 11) is 1.67. The Kier molecular flexibility index (Phi) is 6.87. The number of alkyl halides is 2. The maximum Gasteiger partial charge on any atom is 0.251 e. The summed E-state index contributed by atoms with van der Waals surface area (Å²) in [4.78, 5) is 5.87. The summed E-state index contributed by atoms with van der Waals surface area (Å²) >= 11 is 0. The van der Waals surface area contributed by atoms with Crippen LogP contribution in [0.25, 0.3) is 0 Å². The summed E-state index contributed by atoms with van der Waals surface area (Å²) < 4.78 is 24.4. The SMILES string of the molecule is CC(C)CNCc1ccc(CN(C)CC(F)F)nc1. The molecule has 0 aliphatic carbocycles. The minimum absolute atomic E-state index is 0.223. The second-order valence-corrected chi connectivity index (χ2v) is 5.27. The summed E-state index contributed by atoms with van der Waals surface area (Å²) in [5.41, 5.74) is 1.93. The van der Waals surface area contributed by atoms with Crippen LogP contribution in [0.1, 0.15) is 25.1 Å². The number of rotatable bonds is 8. The van der Waals surface area contributed by atoms with Crippen molar-refractivity contribution in [3.63, 3.8) is 0 Å². The van der Waals surface area contributed by atoms with Gasteiger partial charge < -0.3 is 5.32 Å². The minimum atomic E-state index is -2.30. The molecule has 3 nitrogen and oxygen atoms in total. The van der Waals surface area contributed by atoms with E-state index in [0.29, 0.717) is 12.5 Å². The number of pyridine rings is 1. The zero-order valence-corrected chi connectivity index (χ0v) is 11.9. The van der Waals surface area contributed by atoms with Gasteiger partial charge in [0.05, 0.1) is 12.2 Å². The summed E-state index contributed by atoms with van der Waals surface area (Å²) in [6.45, 7) is 6.31. The molecule has 0 fully saturated rings. The fraction of sp³-hybridized carbons (Fsp3) is 0.643. The van der Waals surface area contributed by atoms with Crippen LogP contribution in [0, 0.1) is 5.92 Å². The lowest BCUT2D eigenvalue weighted by molar-refractivity contribution is 0.0970. The van der Waals surface area contributed by atoms with Gasteiger partial charge in [0.2, 0.25) is 0 Å². The van der Waals surface area contributed by atoms with E-state index in [0.717, 1.165) is 24.3 Å². The van der Waals surface area contributed by atoms with Crippen molar-refractivity contribution in [3.8, 4) is 0 Å². The van der Waals surface area contributed by atoms with Gasteiger partial charge in [-0.3, -0.25) is 9.88 Å². The second kappa shape index (κ2) is 8.17. The molecule has 108 valence electrons. The Morgan fingerprint density at radius 2 is 2.05 bits per heavy atom. The van der Waals surface area contributed by atoms with Crippen LogP contribution in [0.15, 0.2) is 18.3 Å². The molecule has 1 heterocycles. The van der Waals surface area contributed by atoms with Crippen molar-refractivity contribution in [1.82, 2.24) is 15.2 Å². The van der Waals surface area contributed by atoms with Gasteiger partial charge in [0.25, 0.3) is 6.43 Å². The highest BCUT2D eigenvalue weighted by atomic mass is 19.3. The highest BCUT2D eigenvalue weighted by molar-refractivity contribution is 5.13. The zero-order valence-electron chi connectivity index (χ0n) is 11.9. The molecule has 0 radical (unpaired) electrons. The number of aromatic nitrogens is 1. The molecule has 0 aromatic carbocycles. The van der Waals surface area contributed by atoms with Gasteiger partial charge in [-0.15, -0.1) is 0 Å². The largest absolute Gasteiger partial charge is 0.312 e. The Balaban J connectivity index is 2.38. The Morgan fingerprint density at radius 3 is 2.58 bits per heavy atom. The average Bonchev–Trinajstić information content (AvgIpc) is 2.29. The molecule has 1 N–H and O–H groups in total. The molecule has 0 amide bonds. The predicted octanol–water partition coefficient (Wildman–Crippen LogP) is 2.52. The van der Waals surface area contributed by atoms with E-state index in [4.69, 9.17) is 0 Å². The molecule has 0 aliphatic rings. The Morgan fingerprint density at radius 1 is 1.32 bits per heavy atom. The maximum atomic E-state index is 12.2. The number of hydrogen-bond donors (Lipinski definition) is 1. The average molecular weight is 271 g/mol. The third-order valence-corrected chi connectivity index (χ3v) is 2.65. The van der Waals surface area contributed by atoms with Crippen molar-refractivity contribution >= 4 is 0 Å². The summed E-state index contributed by atoms with van der Waals surface area (Å²) in [6, 6.07) is 3.89. The lowest BCUT2D eigenvalue weighted by atomic mass is 10.2. The number of nitrogens with zero attached hydrogens (tertiary/aromatic N) is 2. The van der Waals surface area contributed by atoms with E-state index in [9.17, 15) is 8.78 Å². The summed E-state index contributed by atoms with van der Waals surface area (Å²) in [5.74, 6) is 0.621. The van der Waals surface area contributed by atoms with Crippen LogP contribution in [-0.4, -0.2) is 36.4 Å². The normalized spacial score (nSPS) is 11.8. The second-order valence-electron chi connectivity index (χ2n) is 5.27. The smallest absolute Gasteiger partial charge is 0.251 e. The van der Waals surface area contributed by atoms with Crippen molar-refractivity contribution in [2.24, 2.45) is 5.92 Å². The van der Waals surface area contributed by atoms with Gasteiger partial charge in [-0.2, -0.15) is 0 Å². The van der Waals surface area contributed by atoms with E-state index in [-0.39, 0.29) is 6.54 Å². The zero-order chi connectivity index (χ0) is 14.3. The van der Waals surface area contributed by atoms with Crippen LogP contribution in [0.4, 0.5) is 8.78 Å². The highest BCUT2D eigenvalue weighted by Gasteiger charge is 2.08. The lowest BCUT2D eigenvalue weighted by Crippen LogP contribution is -2.24. The first-order valence-electron chi connectivity index (χ1n) is 6.58. The molecule has 0 bridgehead atoms. The molecule has 1 aromatic heterocycles. The standard InChI is InChI=1S/C14H23F2N3/c1-11(2)6-17-7-12-4-5-13(18-8-12)9-19(3)10-14(15)16/h4-5,8,11,14,17H,6-7,9-10H2,1-3H3. The third kappa shape index (κ3) is 7.18. The maximum absolute atomic E-state index is 12.2. The molecule has 0 atom stereocenters. The van der Waals surface area contributed by atoms with E-state index in [2.05, 4.69) is 24.1 Å². The van der Waals surface area contributed by atoms with Crippen molar-refractivity contribution in [2.75, 3.05) is 20.1 Å².